The van der Waals surface area contributed by atoms with Gasteiger partial charge in [-0.2, -0.15) is 0 Å². The molecule has 2 aliphatic rings. The normalized spacial score (nSPS) is 24.4. The molecule has 0 radical (unpaired) electrons. The van der Waals surface area contributed by atoms with Gasteiger partial charge in [0, 0.05) is 12.5 Å². The Morgan fingerprint density at radius 2 is 1.56 bits per heavy atom. The maximum absolute atomic E-state index is 6.04. The summed E-state index contributed by atoms with van der Waals surface area (Å²) in [5.74, 6) is 1.54. The van der Waals surface area contributed by atoms with Crippen LogP contribution in [0.15, 0.2) is 72.3 Å². The predicted octanol–water partition coefficient (Wildman–Crippen LogP) is 6.38. The Morgan fingerprint density at radius 3 is 2.19 bits per heavy atom. The fraction of sp³-hybridized carbons (Fsp3) is 0.462. The van der Waals surface area contributed by atoms with Crippen LogP contribution in [-0.2, 0) is 17.6 Å². The molecule has 1 heterocycles. The number of aryl methyl sites for hydroxylation is 2. The van der Waals surface area contributed by atoms with Gasteiger partial charge in [0.05, 0.1) is 6.10 Å². The van der Waals surface area contributed by atoms with E-state index >= 15 is 0 Å². The summed E-state index contributed by atoms with van der Waals surface area (Å²) in [6.45, 7) is 0.975. The first-order valence-electron chi connectivity index (χ1n) is 10.8. The summed E-state index contributed by atoms with van der Waals surface area (Å²) in [6, 6.07) is 21.8. The number of fused-ring (bicyclic) bond motifs is 1. The summed E-state index contributed by atoms with van der Waals surface area (Å²) < 4.78 is 6.04. The van der Waals surface area contributed by atoms with Crippen molar-refractivity contribution in [2.24, 2.45) is 11.8 Å². The third-order valence-electron chi connectivity index (χ3n) is 6.21. The number of ether oxygens (including phenoxy) is 1. The molecule has 1 aliphatic heterocycles. The molecule has 1 nitrogen and oxygen atoms in total. The second-order valence-corrected chi connectivity index (χ2v) is 8.16. The van der Waals surface area contributed by atoms with Crippen LogP contribution < -0.4 is 0 Å². The van der Waals surface area contributed by atoms with Crippen LogP contribution in [0.25, 0.3) is 0 Å². The highest BCUT2D eigenvalue weighted by atomic mass is 16.5. The van der Waals surface area contributed by atoms with Crippen LogP contribution in [-0.4, -0.2) is 12.7 Å². The molecular weight excluding hydrogens is 328 g/mol. The summed E-state index contributed by atoms with van der Waals surface area (Å²) in [5.41, 5.74) is 4.61. The van der Waals surface area contributed by atoms with Gasteiger partial charge in [-0.1, -0.05) is 72.3 Å². The van der Waals surface area contributed by atoms with Crippen molar-refractivity contribution in [2.45, 2.75) is 57.5 Å². The number of unbranched alkanes of at least 4 members (excludes halogenated alkanes) is 1. The molecular formula is C26H32O. The van der Waals surface area contributed by atoms with E-state index in [1.165, 1.54) is 62.5 Å². The SMILES string of the molecule is C(/CCCc1ccccc1)=C(/CCCc1ccccc1)[C@H]1[C@@H]2CCCO[C@@H]21. The molecule has 1 heteroatoms. The highest BCUT2D eigenvalue weighted by molar-refractivity contribution is 5.23. The van der Waals surface area contributed by atoms with E-state index in [0.29, 0.717) is 6.10 Å². The van der Waals surface area contributed by atoms with E-state index < -0.39 is 0 Å². The Balaban J connectivity index is 1.31. The molecule has 2 fully saturated rings. The number of hydrogen-bond donors (Lipinski definition) is 0. The van der Waals surface area contributed by atoms with Crippen molar-refractivity contribution in [3.8, 4) is 0 Å². The lowest BCUT2D eigenvalue weighted by molar-refractivity contribution is 0.0766. The molecule has 1 aliphatic carbocycles. The molecule has 0 N–H and O–H groups in total. The standard InChI is InChI=1S/C26H32O/c1-3-11-21(12-4-1)15-7-8-17-23(25-24-19-10-20-27-26(24)25)18-9-16-22-13-5-2-6-14-22/h1-6,11-14,17,24-26H,7-10,15-16,18-20H2/b23-17+/t24-,25-,26-/m0/s1. The summed E-state index contributed by atoms with van der Waals surface area (Å²) in [5, 5.41) is 0. The van der Waals surface area contributed by atoms with E-state index in [9.17, 15) is 0 Å². The van der Waals surface area contributed by atoms with E-state index in [1.54, 1.807) is 5.57 Å². The highest BCUT2D eigenvalue weighted by Crippen LogP contribution is 2.53. The third-order valence-corrected chi connectivity index (χ3v) is 6.21. The van der Waals surface area contributed by atoms with Crippen molar-refractivity contribution in [1.82, 2.24) is 0 Å². The van der Waals surface area contributed by atoms with Gasteiger partial charge >= 0.3 is 0 Å². The van der Waals surface area contributed by atoms with E-state index in [-0.39, 0.29) is 0 Å². The fourth-order valence-corrected chi connectivity index (χ4v) is 4.72. The first kappa shape index (κ1) is 18.5. The molecule has 0 spiro atoms. The minimum atomic E-state index is 0.538. The van der Waals surface area contributed by atoms with Crippen LogP contribution in [0.5, 0.6) is 0 Å². The van der Waals surface area contributed by atoms with Crippen molar-refractivity contribution < 1.29 is 4.74 Å². The van der Waals surface area contributed by atoms with Crippen molar-refractivity contribution in [3.05, 3.63) is 83.4 Å². The minimum absolute atomic E-state index is 0.538. The number of rotatable bonds is 9. The third kappa shape index (κ3) is 5.11. The summed E-state index contributed by atoms with van der Waals surface area (Å²) >= 11 is 0. The molecule has 3 atom stereocenters. The van der Waals surface area contributed by atoms with E-state index in [2.05, 4.69) is 66.7 Å². The largest absolute Gasteiger partial charge is 0.377 e. The van der Waals surface area contributed by atoms with Crippen molar-refractivity contribution in [1.29, 1.82) is 0 Å². The predicted molar refractivity (Wildman–Crippen MR) is 113 cm³/mol. The average Bonchev–Trinajstić information content (AvgIpc) is 3.46. The molecule has 2 aromatic carbocycles. The van der Waals surface area contributed by atoms with Crippen LogP contribution in [0.3, 0.4) is 0 Å². The van der Waals surface area contributed by atoms with Crippen molar-refractivity contribution >= 4 is 0 Å². The monoisotopic (exact) mass is 360 g/mol. The van der Waals surface area contributed by atoms with Gasteiger partial charge in [0.15, 0.2) is 0 Å². The topological polar surface area (TPSA) is 9.23 Å². The van der Waals surface area contributed by atoms with Gasteiger partial charge < -0.3 is 4.74 Å². The Labute approximate surface area is 164 Å². The van der Waals surface area contributed by atoms with Crippen LogP contribution in [0, 0.1) is 11.8 Å². The lowest BCUT2D eigenvalue weighted by atomic mass is 9.97. The molecule has 0 bridgehead atoms. The lowest BCUT2D eigenvalue weighted by Crippen LogP contribution is -2.06. The zero-order chi connectivity index (χ0) is 18.3. The molecule has 27 heavy (non-hydrogen) atoms. The van der Waals surface area contributed by atoms with E-state index in [1.807, 2.05) is 0 Å². The van der Waals surface area contributed by atoms with Gasteiger partial charge in [-0.05, 0) is 68.4 Å². The second-order valence-electron chi connectivity index (χ2n) is 8.16. The average molecular weight is 361 g/mol. The fourth-order valence-electron chi connectivity index (χ4n) is 4.72. The molecule has 142 valence electrons. The van der Waals surface area contributed by atoms with Crippen LogP contribution >= 0.6 is 0 Å². The highest BCUT2D eigenvalue weighted by Gasteiger charge is 2.53. The quantitative estimate of drug-likeness (QED) is 0.372. The molecule has 0 amide bonds. The Morgan fingerprint density at radius 1 is 0.889 bits per heavy atom. The molecule has 2 aromatic rings. The molecule has 1 saturated carbocycles. The summed E-state index contributed by atoms with van der Waals surface area (Å²) in [7, 11) is 0. The minimum Gasteiger partial charge on any atom is -0.377 e. The zero-order valence-electron chi connectivity index (χ0n) is 16.4. The smallest absolute Gasteiger partial charge is 0.0678 e. The molecule has 4 rings (SSSR count). The van der Waals surface area contributed by atoms with Gasteiger partial charge in [0.2, 0.25) is 0 Å². The summed E-state index contributed by atoms with van der Waals surface area (Å²) in [4.78, 5) is 0. The Bertz CT molecular complexity index is 706. The maximum Gasteiger partial charge on any atom is 0.0678 e. The van der Waals surface area contributed by atoms with Gasteiger partial charge in [0.25, 0.3) is 0 Å². The maximum atomic E-state index is 6.04. The molecule has 0 aromatic heterocycles. The Kier molecular flexibility index (Phi) is 6.42. The van der Waals surface area contributed by atoms with Gasteiger partial charge in [-0.3, -0.25) is 0 Å². The van der Waals surface area contributed by atoms with Crippen molar-refractivity contribution in [3.63, 3.8) is 0 Å². The molecule has 0 unspecified atom stereocenters. The van der Waals surface area contributed by atoms with Gasteiger partial charge in [-0.15, -0.1) is 0 Å². The van der Waals surface area contributed by atoms with Crippen LogP contribution in [0.4, 0.5) is 0 Å². The molecule has 1 saturated heterocycles. The van der Waals surface area contributed by atoms with Crippen molar-refractivity contribution in [2.75, 3.05) is 6.61 Å². The zero-order valence-corrected chi connectivity index (χ0v) is 16.4. The second kappa shape index (κ2) is 9.37. The Hall–Kier alpha value is -1.86. The first-order valence-corrected chi connectivity index (χ1v) is 10.8. The van der Waals surface area contributed by atoms with Crippen LogP contribution in [0.1, 0.15) is 49.7 Å². The van der Waals surface area contributed by atoms with Gasteiger partial charge in [0.1, 0.15) is 0 Å². The number of benzene rings is 2. The van der Waals surface area contributed by atoms with E-state index in [0.717, 1.165) is 18.4 Å². The van der Waals surface area contributed by atoms with E-state index in [4.69, 9.17) is 4.74 Å². The van der Waals surface area contributed by atoms with Gasteiger partial charge in [-0.25, -0.2) is 0 Å². The first-order chi connectivity index (χ1) is 13.4. The summed E-state index contributed by atoms with van der Waals surface area (Å²) in [6.07, 6.45) is 13.0. The number of hydrogen-bond acceptors (Lipinski definition) is 1. The number of allylic oxidation sites excluding steroid dienone is 1. The lowest BCUT2D eigenvalue weighted by Gasteiger charge is -2.09. The van der Waals surface area contributed by atoms with Crippen LogP contribution in [0.2, 0.25) is 0 Å².